The molecule has 0 aliphatic carbocycles. The van der Waals surface area contributed by atoms with Crippen molar-refractivity contribution in [2.75, 3.05) is 20.2 Å². The minimum Gasteiger partial charge on any atom is -0.491 e. The van der Waals surface area contributed by atoms with E-state index in [2.05, 4.69) is 14.7 Å². The molecule has 1 N–H and O–H groups in total. The number of carbonyl (C=O) groups excluding carboxylic acids is 1. The molecule has 1 amide bonds. The molecule has 0 saturated carbocycles. The van der Waals surface area contributed by atoms with Crippen LogP contribution in [-0.4, -0.2) is 45.5 Å². The first kappa shape index (κ1) is 21.0. The van der Waals surface area contributed by atoms with E-state index < -0.39 is 23.3 Å². The van der Waals surface area contributed by atoms with E-state index in [9.17, 15) is 18.4 Å². The third-order valence-corrected chi connectivity index (χ3v) is 5.83. The number of ether oxygens (including phenoxy) is 1. The van der Waals surface area contributed by atoms with E-state index in [1.807, 2.05) is 19.9 Å². The minimum atomic E-state index is -0.904. The molecule has 31 heavy (non-hydrogen) atoms. The van der Waals surface area contributed by atoms with Crippen molar-refractivity contribution in [1.29, 1.82) is 0 Å². The largest absolute Gasteiger partial charge is 0.491 e. The lowest BCUT2D eigenvalue weighted by molar-refractivity contribution is 0.0712. The Morgan fingerprint density at radius 2 is 1.87 bits per heavy atom. The monoisotopic (exact) mass is 430 g/mol. The Morgan fingerprint density at radius 1 is 1.23 bits per heavy atom. The highest BCUT2D eigenvalue weighted by atomic mass is 19.1. The molecule has 1 aromatic carbocycles. The summed E-state index contributed by atoms with van der Waals surface area (Å²) in [6, 6.07) is 3.91. The summed E-state index contributed by atoms with van der Waals surface area (Å²) in [7, 11) is 1.17. The van der Waals surface area contributed by atoms with Crippen molar-refractivity contribution in [2.24, 2.45) is 0 Å². The first-order valence-corrected chi connectivity index (χ1v) is 10.2. The number of carbonyl (C=O) groups is 1. The molecule has 0 unspecified atom stereocenters. The number of likely N-dealkylation sites (tertiary alicyclic amines) is 1. The van der Waals surface area contributed by atoms with Crippen molar-refractivity contribution in [3.8, 4) is 5.75 Å². The van der Waals surface area contributed by atoms with Crippen LogP contribution in [-0.2, 0) is 0 Å². The van der Waals surface area contributed by atoms with Crippen molar-refractivity contribution in [2.45, 2.75) is 38.6 Å². The Morgan fingerprint density at radius 3 is 2.45 bits per heavy atom. The third-order valence-electron chi connectivity index (χ3n) is 5.83. The average molecular weight is 430 g/mol. The molecule has 9 heteroatoms. The molecule has 3 heterocycles. The van der Waals surface area contributed by atoms with Gasteiger partial charge in [0.2, 0.25) is 0 Å². The molecule has 0 atom stereocenters. The van der Waals surface area contributed by atoms with E-state index in [0.717, 1.165) is 23.2 Å². The van der Waals surface area contributed by atoms with Gasteiger partial charge in [-0.05, 0) is 56.4 Å². The zero-order valence-electron chi connectivity index (χ0n) is 17.6. The Labute approximate surface area is 177 Å². The third kappa shape index (κ3) is 3.68. The second-order valence-electron chi connectivity index (χ2n) is 8.03. The molecule has 0 bridgehead atoms. The van der Waals surface area contributed by atoms with Gasteiger partial charge in [0, 0.05) is 30.9 Å². The van der Waals surface area contributed by atoms with E-state index in [1.54, 1.807) is 15.7 Å². The van der Waals surface area contributed by atoms with Crippen molar-refractivity contribution in [3.63, 3.8) is 0 Å². The fourth-order valence-electron chi connectivity index (χ4n) is 4.35. The Hall–Kier alpha value is -3.23. The molecule has 4 rings (SSSR count). The fraction of sp³-hybridized carbons (Fsp3) is 0.409. The van der Waals surface area contributed by atoms with Gasteiger partial charge in [0.25, 0.3) is 5.91 Å². The number of rotatable bonds is 4. The highest BCUT2D eigenvalue weighted by Gasteiger charge is 2.28. The number of nitrogens with one attached hydrogen (secondary N) is 1. The quantitative estimate of drug-likeness (QED) is 0.686. The number of benzene rings is 1. The van der Waals surface area contributed by atoms with Crippen LogP contribution in [0.15, 0.2) is 29.2 Å². The van der Waals surface area contributed by atoms with Gasteiger partial charge in [-0.25, -0.2) is 18.6 Å². The molecule has 1 aliphatic rings. The normalized spacial score (nSPS) is 15.1. The maximum atomic E-state index is 14.0. The van der Waals surface area contributed by atoms with Gasteiger partial charge in [-0.2, -0.15) is 0 Å². The van der Waals surface area contributed by atoms with Crippen LogP contribution in [0.3, 0.4) is 0 Å². The van der Waals surface area contributed by atoms with Crippen LogP contribution in [0.5, 0.6) is 5.75 Å². The SMILES string of the molecule is COc1c(F)cc(C(=O)N2CCC(c3ccnc4[nH]c(=O)n(C(C)C)c34)CC2)cc1F. The highest BCUT2D eigenvalue weighted by molar-refractivity contribution is 5.94. The maximum absolute atomic E-state index is 14.0. The number of hydrogen-bond acceptors (Lipinski definition) is 4. The lowest BCUT2D eigenvalue weighted by Gasteiger charge is -2.32. The number of aromatic nitrogens is 3. The van der Waals surface area contributed by atoms with Crippen LogP contribution in [0.4, 0.5) is 8.78 Å². The topological polar surface area (TPSA) is 80.2 Å². The summed E-state index contributed by atoms with van der Waals surface area (Å²) in [6.45, 7) is 4.78. The predicted octanol–water partition coefficient (Wildman–Crippen LogP) is 3.61. The van der Waals surface area contributed by atoms with Crippen LogP contribution >= 0.6 is 0 Å². The molecule has 1 aliphatic heterocycles. The molecule has 0 spiro atoms. The lowest BCUT2D eigenvalue weighted by Crippen LogP contribution is -2.38. The van der Waals surface area contributed by atoms with Gasteiger partial charge in [-0.15, -0.1) is 0 Å². The Kier molecular flexibility index (Phi) is 5.51. The van der Waals surface area contributed by atoms with Gasteiger partial charge in [-0.1, -0.05) is 0 Å². The number of hydrogen-bond donors (Lipinski definition) is 1. The van der Waals surface area contributed by atoms with E-state index in [-0.39, 0.29) is 23.2 Å². The molecule has 1 fully saturated rings. The zero-order valence-corrected chi connectivity index (χ0v) is 17.6. The number of nitrogens with zero attached hydrogens (tertiary/aromatic N) is 3. The van der Waals surface area contributed by atoms with Gasteiger partial charge >= 0.3 is 5.69 Å². The van der Waals surface area contributed by atoms with E-state index in [4.69, 9.17) is 0 Å². The predicted molar refractivity (Wildman–Crippen MR) is 112 cm³/mol. The zero-order chi connectivity index (χ0) is 22.3. The average Bonchev–Trinajstić information content (AvgIpc) is 3.09. The number of pyridine rings is 1. The van der Waals surface area contributed by atoms with Gasteiger partial charge in [0.15, 0.2) is 23.0 Å². The number of methoxy groups -OCH3 is 1. The summed E-state index contributed by atoms with van der Waals surface area (Å²) in [5, 5.41) is 0. The molecular weight excluding hydrogens is 406 g/mol. The number of piperidine rings is 1. The van der Waals surface area contributed by atoms with Crippen LogP contribution in [0.2, 0.25) is 0 Å². The van der Waals surface area contributed by atoms with Gasteiger partial charge in [0.1, 0.15) is 0 Å². The number of halogens is 2. The molecule has 164 valence electrons. The number of amides is 1. The van der Waals surface area contributed by atoms with Gasteiger partial charge in [-0.3, -0.25) is 14.3 Å². The van der Waals surface area contributed by atoms with Gasteiger partial charge < -0.3 is 9.64 Å². The molecule has 2 aromatic heterocycles. The lowest BCUT2D eigenvalue weighted by atomic mass is 9.89. The van der Waals surface area contributed by atoms with Gasteiger partial charge in [0.05, 0.1) is 12.6 Å². The van der Waals surface area contributed by atoms with Crippen molar-refractivity contribution in [1.82, 2.24) is 19.4 Å². The van der Waals surface area contributed by atoms with E-state index >= 15 is 0 Å². The summed E-state index contributed by atoms with van der Waals surface area (Å²) >= 11 is 0. The molecule has 7 nitrogen and oxygen atoms in total. The van der Waals surface area contributed by atoms with Crippen molar-refractivity contribution < 1.29 is 18.3 Å². The Balaban J connectivity index is 1.56. The van der Waals surface area contributed by atoms with Crippen LogP contribution in [0, 0.1) is 11.6 Å². The van der Waals surface area contributed by atoms with Crippen molar-refractivity contribution >= 4 is 17.1 Å². The molecule has 0 radical (unpaired) electrons. The number of H-pyrrole nitrogens is 1. The second-order valence-corrected chi connectivity index (χ2v) is 8.03. The van der Waals surface area contributed by atoms with E-state index in [0.29, 0.717) is 31.6 Å². The summed E-state index contributed by atoms with van der Waals surface area (Å²) < 4.78 is 34.4. The summed E-state index contributed by atoms with van der Waals surface area (Å²) in [5.74, 6) is -2.59. The first-order valence-electron chi connectivity index (χ1n) is 10.2. The highest BCUT2D eigenvalue weighted by Crippen LogP contribution is 2.33. The summed E-state index contributed by atoms with van der Waals surface area (Å²) in [4.78, 5) is 33.9. The smallest absolute Gasteiger partial charge is 0.327 e. The Bertz CT molecular complexity index is 1170. The summed E-state index contributed by atoms with van der Waals surface area (Å²) in [6.07, 6.45) is 3.02. The molecule has 1 saturated heterocycles. The van der Waals surface area contributed by atoms with E-state index in [1.165, 1.54) is 7.11 Å². The number of imidazole rings is 1. The standard InChI is InChI=1S/C22H24F2N4O3/c1-12(2)28-18-15(4-7-25-20(18)26-22(28)30)13-5-8-27(9-6-13)21(29)14-10-16(23)19(31-3)17(24)11-14/h4,7,10-13H,5-6,8-9H2,1-3H3,(H,25,26,30). The number of fused-ring (bicyclic) bond motifs is 1. The van der Waals surface area contributed by atoms with Crippen LogP contribution in [0.25, 0.3) is 11.2 Å². The van der Waals surface area contributed by atoms with Crippen LogP contribution in [0.1, 0.15) is 54.6 Å². The van der Waals surface area contributed by atoms with Crippen molar-refractivity contribution in [3.05, 3.63) is 57.6 Å². The maximum Gasteiger partial charge on any atom is 0.327 e. The number of aromatic amines is 1. The molecule has 3 aromatic rings. The molecular formula is C22H24F2N4O3. The fourth-order valence-corrected chi connectivity index (χ4v) is 4.35. The summed E-state index contributed by atoms with van der Waals surface area (Å²) in [5.41, 5.74) is 2.14. The first-order chi connectivity index (χ1) is 14.8. The second kappa shape index (κ2) is 8.13. The van der Waals surface area contributed by atoms with Crippen LogP contribution < -0.4 is 10.4 Å². The minimum absolute atomic E-state index is 0.0225.